The van der Waals surface area contributed by atoms with E-state index in [2.05, 4.69) is 22.7 Å². The normalized spacial score (nSPS) is 15.3. The fraction of sp³-hybridized carbons (Fsp3) is 0.368. The van der Waals surface area contributed by atoms with E-state index in [0.717, 1.165) is 43.4 Å². The molecular weight excluding hydrogens is 272 g/mol. The minimum Gasteiger partial charge on any atom is -0.352 e. The van der Waals surface area contributed by atoms with Gasteiger partial charge in [0.2, 0.25) is 0 Å². The van der Waals surface area contributed by atoms with Crippen molar-refractivity contribution in [3.63, 3.8) is 0 Å². The summed E-state index contributed by atoms with van der Waals surface area (Å²) in [5.41, 5.74) is 0.743. The molecule has 2 aromatic carbocycles. The summed E-state index contributed by atoms with van der Waals surface area (Å²) in [5, 5.41) is 5.30. The molecule has 1 heterocycles. The summed E-state index contributed by atoms with van der Waals surface area (Å²) in [4.78, 5) is 14.6. The van der Waals surface area contributed by atoms with Gasteiger partial charge in [0.25, 0.3) is 5.91 Å². The highest BCUT2D eigenvalue weighted by Gasteiger charge is 2.10. The quantitative estimate of drug-likeness (QED) is 0.830. The van der Waals surface area contributed by atoms with Gasteiger partial charge in [-0.1, -0.05) is 30.3 Å². The number of hydrogen-bond acceptors (Lipinski definition) is 2. The number of likely N-dealkylation sites (tertiary alicyclic amines) is 1. The van der Waals surface area contributed by atoms with Gasteiger partial charge in [-0.2, -0.15) is 0 Å². The van der Waals surface area contributed by atoms with Gasteiger partial charge in [-0.3, -0.25) is 4.79 Å². The number of benzene rings is 2. The van der Waals surface area contributed by atoms with E-state index in [1.54, 1.807) is 0 Å². The lowest BCUT2D eigenvalue weighted by molar-refractivity contribution is 0.0953. The lowest BCUT2D eigenvalue weighted by Gasteiger charge is -2.14. The number of rotatable bonds is 6. The maximum Gasteiger partial charge on any atom is 0.251 e. The van der Waals surface area contributed by atoms with Crippen molar-refractivity contribution >= 4 is 16.7 Å². The zero-order chi connectivity index (χ0) is 15.2. The van der Waals surface area contributed by atoms with Gasteiger partial charge >= 0.3 is 0 Å². The van der Waals surface area contributed by atoms with Gasteiger partial charge in [0.15, 0.2) is 0 Å². The standard InChI is InChI=1S/C19H23N2O/c22-19(20-11-3-4-12-21-13-5-6-14-21)18-10-9-16-7-1-2-8-17(16)15-18/h1-2,5,7-10,15H,3-4,6,11-14H2,(H,20,22). The number of hydrogen-bond donors (Lipinski definition) is 1. The van der Waals surface area contributed by atoms with Crippen molar-refractivity contribution in [3.8, 4) is 0 Å². The molecule has 1 amide bonds. The average Bonchev–Trinajstić information content (AvgIpc) is 3.07. The molecule has 115 valence electrons. The van der Waals surface area contributed by atoms with Crippen LogP contribution in [0.4, 0.5) is 0 Å². The maximum absolute atomic E-state index is 12.2. The van der Waals surface area contributed by atoms with E-state index in [1.807, 2.05) is 36.4 Å². The molecule has 2 aromatic rings. The predicted octanol–water partition coefficient (Wildman–Crippen LogP) is 3.26. The summed E-state index contributed by atoms with van der Waals surface area (Å²) >= 11 is 0. The average molecular weight is 295 g/mol. The largest absolute Gasteiger partial charge is 0.352 e. The molecule has 3 rings (SSSR count). The van der Waals surface area contributed by atoms with Crippen LogP contribution in [0.1, 0.15) is 29.6 Å². The molecule has 0 unspecified atom stereocenters. The highest BCUT2D eigenvalue weighted by Crippen LogP contribution is 2.15. The Morgan fingerprint density at radius 2 is 1.95 bits per heavy atom. The highest BCUT2D eigenvalue weighted by molar-refractivity contribution is 5.98. The Bertz CT molecular complexity index is 632. The first-order chi connectivity index (χ1) is 10.8. The molecule has 1 aliphatic heterocycles. The third-order valence-corrected chi connectivity index (χ3v) is 4.24. The first kappa shape index (κ1) is 15.0. The smallest absolute Gasteiger partial charge is 0.251 e. The lowest BCUT2D eigenvalue weighted by atomic mass is 10.1. The molecule has 1 aliphatic rings. The van der Waals surface area contributed by atoms with Crippen LogP contribution >= 0.6 is 0 Å². The van der Waals surface area contributed by atoms with Crippen LogP contribution in [-0.2, 0) is 0 Å². The first-order valence-electron chi connectivity index (χ1n) is 8.14. The highest BCUT2D eigenvalue weighted by atomic mass is 16.1. The maximum atomic E-state index is 12.2. The molecule has 1 N–H and O–H groups in total. The Balaban J connectivity index is 1.44. The Kier molecular flexibility index (Phi) is 5.07. The van der Waals surface area contributed by atoms with Crippen molar-refractivity contribution in [2.24, 2.45) is 0 Å². The monoisotopic (exact) mass is 295 g/mol. The number of carbonyl (C=O) groups is 1. The van der Waals surface area contributed by atoms with Crippen LogP contribution in [0.5, 0.6) is 0 Å². The Morgan fingerprint density at radius 3 is 2.77 bits per heavy atom. The van der Waals surface area contributed by atoms with E-state index in [4.69, 9.17) is 0 Å². The zero-order valence-electron chi connectivity index (χ0n) is 12.9. The molecule has 0 bridgehead atoms. The van der Waals surface area contributed by atoms with Crippen molar-refractivity contribution in [1.82, 2.24) is 10.2 Å². The van der Waals surface area contributed by atoms with Crippen LogP contribution in [0.2, 0.25) is 0 Å². The van der Waals surface area contributed by atoms with Crippen LogP contribution in [0.15, 0.2) is 42.5 Å². The number of carbonyl (C=O) groups excluding carboxylic acids is 1. The molecular formula is C19H23N2O. The molecule has 22 heavy (non-hydrogen) atoms. The molecule has 0 atom stereocenters. The third kappa shape index (κ3) is 3.86. The van der Waals surface area contributed by atoms with Crippen molar-refractivity contribution in [1.29, 1.82) is 0 Å². The van der Waals surface area contributed by atoms with Crippen LogP contribution in [0, 0.1) is 6.42 Å². The van der Waals surface area contributed by atoms with E-state index in [0.29, 0.717) is 0 Å². The van der Waals surface area contributed by atoms with E-state index in [1.165, 1.54) is 18.4 Å². The van der Waals surface area contributed by atoms with Gasteiger partial charge in [0.1, 0.15) is 0 Å². The number of unbranched alkanes of at least 4 members (excludes halogenated alkanes) is 1. The molecule has 0 spiro atoms. The molecule has 1 saturated heterocycles. The molecule has 1 fully saturated rings. The van der Waals surface area contributed by atoms with Gasteiger partial charge in [-0.15, -0.1) is 0 Å². The Hall–Kier alpha value is -1.87. The van der Waals surface area contributed by atoms with E-state index < -0.39 is 0 Å². The zero-order valence-corrected chi connectivity index (χ0v) is 12.9. The number of nitrogens with zero attached hydrogens (tertiary/aromatic N) is 1. The lowest BCUT2D eigenvalue weighted by Crippen LogP contribution is -2.26. The van der Waals surface area contributed by atoms with Crippen LogP contribution in [0.3, 0.4) is 0 Å². The molecule has 0 aliphatic carbocycles. The second kappa shape index (κ2) is 7.41. The topological polar surface area (TPSA) is 32.3 Å². The molecule has 0 saturated carbocycles. The fourth-order valence-corrected chi connectivity index (χ4v) is 2.94. The second-order valence-electron chi connectivity index (χ2n) is 5.90. The SMILES string of the molecule is O=C(NCCCCN1C[CH]CC1)c1ccc2ccccc2c1. The summed E-state index contributed by atoms with van der Waals surface area (Å²) in [5.74, 6) is 0.0280. The van der Waals surface area contributed by atoms with Gasteiger partial charge in [-0.25, -0.2) is 0 Å². The van der Waals surface area contributed by atoms with E-state index in [9.17, 15) is 4.79 Å². The number of nitrogens with one attached hydrogen (secondary N) is 1. The second-order valence-corrected chi connectivity index (χ2v) is 5.90. The van der Waals surface area contributed by atoms with Crippen molar-refractivity contribution in [3.05, 3.63) is 54.4 Å². The minimum atomic E-state index is 0.0280. The van der Waals surface area contributed by atoms with Gasteiger partial charge < -0.3 is 10.2 Å². The van der Waals surface area contributed by atoms with Crippen molar-refractivity contribution < 1.29 is 4.79 Å². The summed E-state index contributed by atoms with van der Waals surface area (Å²) in [7, 11) is 0. The fourth-order valence-electron chi connectivity index (χ4n) is 2.94. The van der Waals surface area contributed by atoms with E-state index >= 15 is 0 Å². The molecule has 3 heteroatoms. The predicted molar refractivity (Wildman–Crippen MR) is 90.9 cm³/mol. The minimum absolute atomic E-state index is 0.0280. The van der Waals surface area contributed by atoms with Crippen molar-refractivity contribution in [2.45, 2.75) is 19.3 Å². The summed E-state index contributed by atoms with van der Waals surface area (Å²) in [6.07, 6.45) is 5.74. The Labute approximate surface area is 132 Å². The van der Waals surface area contributed by atoms with Crippen molar-refractivity contribution in [2.75, 3.05) is 26.2 Å². The Morgan fingerprint density at radius 1 is 1.09 bits per heavy atom. The summed E-state index contributed by atoms with van der Waals surface area (Å²) in [6, 6.07) is 14.0. The summed E-state index contributed by atoms with van der Waals surface area (Å²) < 4.78 is 0. The number of amides is 1. The van der Waals surface area contributed by atoms with Gasteiger partial charge in [-0.05, 0) is 61.7 Å². The van der Waals surface area contributed by atoms with E-state index in [-0.39, 0.29) is 5.91 Å². The van der Waals surface area contributed by atoms with Gasteiger partial charge in [0.05, 0.1) is 0 Å². The molecule has 1 radical (unpaired) electrons. The van der Waals surface area contributed by atoms with Gasteiger partial charge in [0, 0.05) is 18.7 Å². The van der Waals surface area contributed by atoms with Crippen LogP contribution in [-0.4, -0.2) is 37.0 Å². The third-order valence-electron chi connectivity index (χ3n) is 4.24. The van der Waals surface area contributed by atoms with Crippen LogP contribution in [0.25, 0.3) is 10.8 Å². The summed E-state index contributed by atoms with van der Waals surface area (Å²) in [6.45, 7) is 4.22. The van der Waals surface area contributed by atoms with Crippen LogP contribution < -0.4 is 5.32 Å². The first-order valence-corrected chi connectivity index (χ1v) is 8.14. The number of fused-ring (bicyclic) bond motifs is 1. The molecule has 0 aromatic heterocycles. The molecule has 3 nitrogen and oxygen atoms in total.